The molecule has 0 radical (unpaired) electrons. The van der Waals surface area contributed by atoms with Gasteiger partial charge in [-0.25, -0.2) is 10.0 Å². The van der Waals surface area contributed by atoms with Crippen molar-refractivity contribution >= 4 is 27.4 Å². The Kier molecular flexibility index (Phi) is 6.20. The van der Waals surface area contributed by atoms with Crippen LogP contribution in [0.4, 0.5) is 11.4 Å². The van der Waals surface area contributed by atoms with E-state index in [2.05, 4.69) is 15.2 Å². The number of fused-ring (bicyclic) bond motifs is 2. The molecule has 1 amide bonds. The molecule has 1 fully saturated rings. The van der Waals surface area contributed by atoms with Crippen LogP contribution in [0.15, 0.2) is 18.3 Å². The molecule has 3 N–H and O–H groups in total. The van der Waals surface area contributed by atoms with Gasteiger partial charge in [-0.3, -0.25) is 4.79 Å². The first-order chi connectivity index (χ1) is 16.7. The molecule has 1 aromatic carbocycles. The van der Waals surface area contributed by atoms with E-state index < -0.39 is 16.0 Å². The smallest absolute Gasteiger partial charge is 0.285 e. The maximum absolute atomic E-state index is 12.6. The van der Waals surface area contributed by atoms with Crippen LogP contribution in [0, 0.1) is 0 Å². The number of benzene rings is 1. The summed E-state index contributed by atoms with van der Waals surface area (Å²) in [6.45, 7) is 2.02. The van der Waals surface area contributed by atoms with Crippen molar-refractivity contribution in [2.24, 2.45) is 5.73 Å². The monoisotopic (exact) mass is 503 g/mol. The predicted octanol–water partition coefficient (Wildman–Crippen LogP) is 1.73. The molecule has 0 aliphatic carbocycles. The van der Waals surface area contributed by atoms with Gasteiger partial charge in [0.1, 0.15) is 24.6 Å². The number of carbonyl (C=O) groups is 1. The number of primary amides is 1. The molecule has 0 spiro atoms. The number of hydrogen-bond donors (Lipinski definition) is 2. The number of amides is 1. The number of aryl methyl sites for hydroxylation is 1. The van der Waals surface area contributed by atoms with E-state index in [-0.39, 0.29) is 18.3 Å². The standard InChI is InChI=1S/C23H29N5O6S/c1-27-7-3-6-16(27)12-33-18-10-17(15-9-14-5-4-8-32-23(14)25-11-15)21-20(19(18)22(24)29)26-13-28(21)34-35(2,30)31/h9-11,16,26H,3-8,12-13H2,1-2H3,(H2,24,29). The Bertz CT molecular complexity index is 1270. The van der Waals surface area contributed by atoms with Crippen molar-refractivity contribution in [3.63, 3.8) is 0 Å². The molecule has 1 atom stereocenters. The van der Waals surface area contributed by atoms with Crippen LogP contribution < -0.4 is 25.6 Å². The molecular formula is C23H29N5O6S. The van der Waals surface area contributed by atoms with Crippen LogP contribution in [-0.4, -0.2) is 70.0 Å². The van der Waals surface area contributed by atoms with Crippen molar-refractivity contribution in [1.29, 1.82) is 0 Å². The second-order valence-electron chi connectivity index (χ2n) is 9.11. The van der Waals surface area contributed by atoms with Gasteiger partial charge in [0.15, 0.2) is 0 Å². The minimum Gasteiger partial charge on any atom is -0.491 e. The Labute approximate surface area is 204 Å². The minimum absolute atomic E-state index is 0.00593. The first-order valence-corrected chi connectivity index (χ1v) is 13.4. The van der Waals surface area contributed by atoms with Crippen molar-refractivity contribution in [2.75, 3.05) is 50.1 Å². The molecule has 0 bridgehead atoms. The van der Waals surface area contributed by atoms with E-state index in [0.29, 0.717) is 41.8 Å². The van der Waals surface area contributed by atoms with Crippen LogP contribution in [0.3, 0.4) is 0 Å². The Morgan fingerprint density at radius 2 is 2.17 bits per heavy atom. The molecule has 2 aromatic rings. The summed E-state index contributed by atoms with van der Waals surface area (Å²) < 4.78 is 41.0. The average molecular weight is 504 g/mol. The second kappa shape index (κ2) is 9.17. The number of nitrogens with one attached hydrogen (secondary N) is 1. The number of ether oxygens (including phenoxy) is 2. The Morgan fingerprint density at radius 1 is 1.34 bits per heavy atom. The van der Waals surface area contributed by atoms with Crippen LogP contribution in [0.1, 0.15) is 35.2 Å². The summed E-state index contributed by atoms with van der Waals surface area (Å²) in [7, 11) is -1.79. The number of nitrogens with zero attached hydrogens (tertiary/aromatic N) is 3. The molecule has 1 aromatic heterocycles. The number of pyridine rings is 1. The Balaban J connectivity index is 1.63. The number of aromatic nitrogens is 1. The third kappa shape index (κ3) is 4.73. The van der Waals surface area contributed by atoms with Crippen LogP contribution in [-0.2, 0) is 20.8 Å². The molecule has 3 aliphatic rings. The number of hydroxylamine groups is 1. The van der Waals surface area contributed by atoms with Gasteiger partial charge < -0.3 is 25.4 Å². The number of hydrogen-bond acceptors (Lipinski definition) is 10. The van der Waals surface area contributed by atoms with Gasteiger partial charge in [0.25, 0.3) is 16.0 Å². The molecule has 3 aliphatic heterocycles. The van der Waals surface area contributed by atoms with Crippen LogP contribution in [0.25, 0.3) is 11.1 Å². The fourth-order valence-electron chi connectivity index (χ4n) is 4.88. The molecule has 188 valence electrons. The number of rotatable bonds is 7. The van der Waals surface area contributed by atoms with E-state index in [1.54, 1.807) is 12.3 Å². The summed E-state index contributed by atoms with van der Waals surface area (Å²) in [5.74, 6) is 0.232. The maximum Gasteiger partial charge on any atom is 0.285 e. The van der Waals surface area contributed by atoms with Crippen LogP contribution in [0.5, 0.6) is 11.6 Å². The van der Waals surface area contributed by atoms with Crippen molar-refractivity contribution in [2.45, 2.75) is 31.7 Å². The number of carbonyl (C=O) groups excluding carboxylic acids is 1. The molecule has 0 saturated carbocycles. The summed E-state index contributed by atoms with van der Waals surface area (Å²) >= 11 is 0. The highest BCUT2D eigenvalue weighted by atomic mass is 32.2. The topological polar surface area (TPSA) is 136 Å². The van der Waals surface area contributed by atoms with Gasteiger partial charge in [0, 0.05) is 28.9 Å². The molecule has 12 heteroatoms. The lowest BCUT2D eigenvalue weighted by molar-refractivity contribution is 0.0995. The number of anilines is 2. The molecular weight excluding hydrogens is 474 g/mol. The lowest BCUT2D eigenvalue weighted by Gasteiger charge is -2.24. The van der Waals surface area contributed by atoms with Gasteiger partial charge in [-0.2, -0.15) is 8.42 Å². The zero-order valence-corrected chi connectivity index (χ0v) is 20.6. The molecule has 1 unspecified atom stereocenters. The molecule has 11 nitrogen and oxygen atoms in total. The lowest BCUT2D eigenvalue weighted by Crippen LogP contribution is -2.31. The highest BCUT2D eigenvalue weighted by Gasteiger charge is 2.34. The second-order valence-corrected chi connectivity index (χ2v) is 10.7. The highest BCUT2D eigenvalue weighted by molar-refractivity contribution is 7.86. The average Bonchev–Trinajstić information content (AvgIpc) is 3.41. The molecule has 5 rings (SSSR count). The minimum atomic E-state index is -3.84. The molecule has 4 heterocycles. The van der Waals surface area contributed by atoms with Gasteiger partial charge in [0.2, 0.25) is 5.88 Å². The van der Waals surface area contributed by atoms with Crippen LogP contribution >= 0.6 is 0 Å². The van der Waals surface area contributed by atoms with Crippen molar-refractivity contribution < 1.29 is 27.0 Å². The van der Waals surface area contributed by atoms with Gasteiger partial charge in [-0.05, 0) is 51.4 Å². The summed E-state index contributed by atoms with van der Waals surface area (Å²) in [6, 6.07) is 3.91. The maximum atomic E-state index is 12.6. The van der Waals surface area contributed by atoms with Gasteiger partial charge in [0.05, 0.1) is 24.2 Å². The van der Waals surface area contributed by atoms with E-state index in [9.17, 15) is 13.2 Å². The third-order valence-corrected chi connectivity index (χ3v) is 7.00. The van der Waals surface area contributed by atoms with Crippen LogP contribution in [0.2, 0.25) is 0 Å². The summed E-state index contributed by atoms with van der Waals surface area (Å²) in [5, 5.41) is 4.28. The summed E-state index contributed by atoms with van der Waals surface area (Å²) in [4.78, 5) is 19.3. The first kappa shape index (κ1) is 23.6. The largest absolute Gasteiger partial charge is 0.491 e. The zero-order valence-electron chi connectivity index (χ0n) is 19.7. The van der Waals surface area contributed by atoms with E-state index in [1.807, 2.05) is 13.1 Å². The van der Waals surface area contributed by atoms with Gasteiger partial charge >= 0.3 is 0 Å². The highest BCUT2D eigenvalue weighted by Crippen LogP contribution is 2.48. The number of likely N-dealkylation sites (tertiary alicyclic amines) is 1. The van der Waals surface area contributed by atoms with Gasteiger partial charge in [-0.15, -0.1) is 4.28 Å². The Hall–Kier alpha value is -3.09. The van der Waals surface area contributed by atoms with Crippen molar-refractivity contribution in [1.82, 2.24) is 9.88 Å². The zero-order chi connectivity index (χ0) is 24.7. The quantitative estimate of drug-likeness (QED) is 0.575. The number of likely N-dealkylation sites (N-methyl/N-ethyl adjacent to an activating group) is 1. The SMILES string of the molecule is CN1CCCC1COc1cc(-c2cnc3c(c2)CCCO3)c2c(c1C(N)=O)NCN2OS(C)(=O)=O. The van der Waals surface area contributed by atoms with Crippen molar-refractivity contribution in [3.8, 4) is 22.8 Å². The predicted molar refractivity (Wildman–Crippen MR) is 130 cm³/mol. The van der Waals surface area contributed by atoms with Gasteiger partial charge in [-0.1, -0.05) is 0 Å². The fourth-order valence-corrected chi connectivity index (χ4v) is 5.33. The third-order valence-electron chi connectivity index (χ3n) is 6.55. The summed E-state index contributed by atoms with van der Waals surface area (Å²) in [5.41, 5.74) is 8.95. The molecule has 35 heavy (non-hydrogen) atoms. The fraction of sp³-hybridized carbons (Fsp3) is 0.478. The van der Waals surface area contributed by atoms with E-state index in [4.69, 9.17) is 19.5 Å². The first-order valence-electron chi connectivity index (χ1n) is 11.6. The van der Waals surface area contributed by atoms with Crippen molar-refractivity contribution in [3.05, 3.63) is 29.5 Å². The normalized spacial score (nSPS) is 19.6. The summed E-state index contributed by atoms with van der Waals surface area (Å²) in [6.07, 6.45) is 6.41. The Morgan fingerprint density at radius 3 is 2.89 bits per heavy atom. The van der Waals surface area contributed by atoms with E-state index in [1.165, 1.54) is 5.06 Å². The lowest BCUT2D eigenvalue weighted by atomic mass is 9.97. The van der Waals surface area contributed by atoms with E-state index >= 15 is 0 Å². The number of nitrogens with two attached hydrogens (primary N) is 1. The molecule has 1 saturated heterocycles. The van der Waals surface area contributed by atoms with E-state index in [0.717, 1.165) is 49.6 Å².